The molecule has 0 aliphatic heterocycles. The van der Waals surface area contributed by atoms with Crippen LogP contribution in [0.2, 0.25) is 0 Å². The van der Waals surface area contributed by atoms with E-state index in [0.717, 1.165) is 38.5 Å². The van der Waals surface area contributed by atoms with E-state index < -0.39 is 0 Å². The minimum atomic E-state index is -0.0715. The molecule has 0 aliphatic carbocycles. The maximum atomic E-state index is 11.3. The molecule has 0 aliphatic rings. The first-order valence-electron chi connectivity index (χ1n) is 10.1. The smallest absolute Gasteiger partial charge is 0.305 e. The summed E-state index contributed by atoms with van der Waals surface area (Å²) in [4.78, 5) is 11.3. The third-order valence-corrected chi connectivity index (χ3v) is 3.68. The lowest BCUT2D eigenvalue weighted by molar-refractivity contribution is -0.143. The Morgan fingerprint density at radius 2 is 1.20 bits per heavy atom. The van der Waals surface area contributed by atoms with Gasteiger partial charge in [0.2, 0.25) is 0 Å². The molecule has 0 spiro atoms. The van der Waals surface area contributed by atoms with Crippen molar-refractivity contribution in [2.75, 3.05) is 6.61 Å². The van der Waals surface area contributed by atoms with Crippen LogP contribution in [0, 0.1) is 0 Å². The molecule has 0 aromatic rings. The molecule has 0 radical (unpaired) electrons. The van der Waals surface area contributed by atoms with Gasteiger partial charge in [-0.2, -0.15) is 0 Å². The van der Waals surface area contributed by atoms with E-state index in [2.05, 4.69) is 55.5 Å². The zero-order chi connectivity index (χ0) is 18.4. The van der Waals surface area contributed by atoms with Gasteiger partial charge in [0.05, 0.1) is 6.61 Å². The first kappa shape index (κ1) is 23.4. The third-order valence-electron chi connectivity index (χ3n) is 3.68. The van der Waals surface area contributed by atoms with Crippen LogP contribution in [0.4, 0.5) is 0 Å². The highest BCUT2D eigenvalue weighted by molar-refractivity contribution is 5.69. The van der Waals surface area contributed by atoms with E-state index in [4.69, 9.17) is 4.74 Å². The number of hydrogen-bond acceptors (Lipinski definition) is 2. The van der Waals surface area contributed by atoms with Crippen molar-refractivity contribution in [3.05, 3.63) is 48.6 Å². The number of hydrogen-bond donors (Lipinski definition) is 0. The van der Waals surface area contributed by atoms with Gasteiger partial charge in [0.1, 0.15) is 0 Å². The lowest BCUT2D eigenvalue weighted by Crippen LogP contribution is -2.04. The second-order valence-electron chi connectivity index (χ2n) is 6.20. The van der Waals surface area contributed by atoms with Crippen molar-refractivity contribution in [3.63, 3.8) is 0 Å². The SMILES string of the molecule is CCCCC/C=C\C/C=C\C/C=C\C/C=C\CCCC(=O)OCCC. The summed E-state index contributed by atoms with van der Waals surface area (Å²) in [6, 6.07) is 0. The lowest BCUT2D eigenvalue weighted by Gasteiger charge is -2.00. The fourth-order valence-electron chi connectivity index (χ4n) is 2.21. The lowest BCUT2D eigenvalue weighted by atomic mass is 10.2. The average Bonchev–Trinajstić information content (AvgIpc) is 2.62. The predicted octanol–water partition coefficient (Wildman–Crippen LogP) is 7.09. The highest BCUT2D eigenvalue weighted by Gasteiger charge is 1.99. The summed E-state index contributed by atoms with van der Waals surface area (Å²) in [5.41, 5.74) is 0. The Morgan fingerprint density at radius 3 is 1.72 bits per heavy atom. The fraction of sp³-hybridized carbons (Fsp3) is 0.609. The topological polar surface area (TPSA) is 26.3 Å². The second-order valence-corrected chi connectivity index (χ2v) is 6.20. The van der Waals surface area contributed by atoms with Gasteiger partial charge in [-0.05, 0) is 51.4 Å². The highest BCUT2D eigenvalue weighted by atomic mass is 16.5. The van der Waals surface area contributed by atoms with Gasteiger partial charge in [0.15, 0.2) is 0 Å². The maximum absolute atomic E-state index is 11.3. The van der Waals surface area contributed by atoms with Crippen LogP contribution in [-0.2, 0) is 9.53 Å². The molecule has 0 amide bonds. The summed E-state index contributed by atoms with van der Waals surface area (Å²) in [6.07, 6.45) is 29.1. The Morgan fingerprint density at radius 1 is 0.680 bits per heavy atom. The number of carbonyl (C=O) groups excluding carboxylic acids is 1. The van der Waals surface area contributed by atoms with Gasteiger partial charge in [-0.25, -0.2) is 0 Å². The summed E-state index contributed by atoms with van der Waals surface area (Å²) in [7, 11) is 0. The number of ether oxygens (including phenoxy) is 1. The first-order chi connectivity index (χ1) is 12.3. The molecule has 0 saturated carbocycles. The average molecular weight is 347 g/mol. The van der Waals surface area contributed by atoms with Crippen molar-refractivity contribution in [1.29, 1.82) is 0 Å². The van der Waals surface area contributed by atoms with E-state index in [1.165, 1.54) is 25.7 Å². The fourth-order valence-corrected chi connectivity index (χ4v) is 2.21. The number of rotatable bonds is 16. The van der Waals surface area contributed by atoms with Crippen LogP contribution in [0.3, 0.4) is 0 Å². The number of esters is 1. The zero-order valence-electron chi connectivity index (χ0n) is 16.4. The van der Waals surface area contributed by atoms with Crippen LogP contribution in [0.1, 0.15) is 84.5 Å². The summed E-state index contributed by atoms with van der Waals surface area (Å²) < 4.78 is 5.04. The van der Waals surface area contributed by atoms with Crippen LogP contribution in [0.25, 0.3) is 0 Å². The second kappa shape index (κ2) is 20.5. The van der Waals surface area contributed by atoms with Crippen molar-refractivity contribution in [3.8, 4) is 0 Å². The van der Waals surface area contributed by atoms with Crippen molar-refractivity contribution in [1.82, 2.24) is 0 Å². The molecule has 2 heteroatoms. The molecule has 0 aromatic heterocycles. The number of carbonyl (C=O) groups is 1. The summed E-state index contributed by atoms with van der Waals surface area (Å²) in [5, 5.41) is 0. The number of unbranched alkanes of at least 4 members (excludes halogenated alkanes) is 4. The standard InChI is InChI=1S/C23H38O2/c1-3-5-6-7-8-9-10-11-12-13-14-15-16-17-18-19-20-21-23(24)25-22-4-2/h8-9,11-12,14-15,17-18H,3-7,10,13,16,19-22H2,1-2H3/b9-8-,12-11-,15-14-,18-17-. The molecule has 0 N–H and O–H groups in total. The Bertz CT molecular complexity index is 402. The molecule has 0 saturated heterocycles. The van der Waals surface area contributed by atoms with E-state index in [1.54, 1.807) is 0 Å². The van der Waals surface area contributed by atoms with Crippen LogP contribution < -0.4 is 0 Å². The monoisotopic (exact) mass is 346 g/mol. The van der Waals surface area contributed by atoms with Crippen LogP contribution in [-0.4, -0.2) is 12.6 Å². The van der Waals surface area contributed by atoms with Crippen molar-refractivity contribution < 1.29 is 9.53 Å². The van der Waals surface area contributed by atoms with Crippen molar-refractivity contribution in [2.24, 2.45) is 0 Å². The molecule has 0 aromatic carbocycles. The molecular weight excluding hydrogens is 308 g/mol. The molecule has 0 unspecified atom stereocenters. The van der Waals surface area contributed by atoms with Gasteiger partial charge in [0.25, 0.3) is 0 Å². The quantitative estimate of drug-likeness (QED) is 0.169. The van der Waals surface area contributed by atoms with Crippen molar-refractivity contribution >= 4 is 5.97 Å². The molecule has 0 atom stereocenters. The number of allylic oxidation sites excluding steroid dienone is 8. The highest BCUT2D eigenvalue weighted by Crippen LogP contribution is 2.02. The van der Waals surface area contributed by atoms with Gasteiger partial charge in [-0.1, -0.05) is 75.3 Å². The van der Waals surface area contributed by atoms with E-state index in [9.17, 15) is 4.79 Å². The Hall–Kier alpha value is -1.57. The molecule has 2 nitrogen and oxygen atoms in total. The molecule has 0 fully saturated rings. The third kappa shape index (κ3) is 20.4. The van der Waals surface area contributed by atoms with Gasteiger partial charge in [-0.3, -0.25) is 4.79 Å². The van der Waals surface area contributed by atoms with E-state index >= 15 is 0 Å². The Balaban J connectivity index is 3.44. The Labute approximate surface area is 155 Å². The summed E-state index contributed by atoms with van der Waals surface area (Å²) in [5.74, 6) is -0.0715. The van der Waals surface area contributed by atoms with Crippen LogP contribution in [0.15, 0.2) is 48.6 Å². The van der Waals surface area contributed by atoms with Gasteiger partial charge in [0, 0.05) is 6.42 Å². The van der Waals surface area contributed by atoms with E-state index in [-0.39, 0.29) is 5.97 Å². The molecule has 25 heavy (non-hydrogen) atoms. The Kier molecular flexibility index (Phi) is 19.2. The largest absolute Gasteiger partial charge is 0.466 e. The minimum absolute atomic E-state index is 0.0715. The minimum Gasteiger partial charge on any atom is -0.466 e. The molecule has 0 rings (SSSR count). The molecule has 0 bridgehead atoms. The van der Waals surface area contributed by atoms with Gasteiger partial charge in [-0.15, -0.1) is 0 Å². The predicted molar refractivity (Wildman–Crippen MR) is 110 cm³/mol. The van der Waals surface area contributed by atoms with Gasteiger partial charge < -0.3 is 4.74 Å². The van der Waals surface area contributed by atoms with Gasteiger partial charge >= 0.3 is 5.97 Å². The normalized spacial score (nSPS) is 12.2. The molecular formula is C23H38O2. The van der Waals surface area contributed by atoms with Crippen LogP contribution >= 0.6 is 0 Å². The van der Waals surface area contributed by atoms with E-state index in [1.807, 2.05) is 6.92 Å². The summed E-state index contributed by atoms with van der Waals surface area (Å²) >= 11 is 0. The summed E-state index contributed by atoms with van der Waals surface area (Å²) in [6.45, 7) is 4.79. The first-order valence-corrected chi connectivity index (χ1v) is 10.1. The van der Waals surface area contributed by atoms with Crippen LogP contribution in [0.5, 0.6) is 0 Å². The van der Waals surface area contributed by atoms with Crippen molar-refractivity contribution in [2.45, 2.75) is 84.5 Å². The molecule has 0 heterocycles. The molecule has 142 valence electrons. The van der Waals surface area contributed by atoms with E-state index in [0.29, 0.717) is 13.0 Å². The maximum Gasteiger partial charge on any atom is 0.305 e. The zero-order valence-corrected chi connectivity index (χ0v) is 16.4.